The summed E-state index contributed by atoms with van der Waals surface area (Å²) in [4.78, 5) is 13.5. The first-order chi connectivity index (χ1) is 12.6. The summed E-state index contributed by atoms with van der Waals surface area (Å²) in [5, 5.41) is 8.99. The molecule has 4 nitrogen and oxygen atoms in total. The van der Waals surface area contributed by atoms with Crippen LogP contribution in [0.4, 0.5) is 0 Å². The van der Waals surface area contributed by atoms with Gasteiger partial charge in [0.05, 0.1) is 0 Å². The Balaban J connectivity index is 1.60. The summed E-state index contributed by atoms with van der Waals surface area (Å²) in [5.74, 6) is -0.922. The van der Waals surface area contributed by atoms with E-state index >= 15 is 0 Å². The molecule has 1 N–H and O–H groups in total. The Morgan fingerprint density at radius 3 is 2.73 bits per heavy atom. The quantitative estimate of drug-likeness (QED) is 0.822. The molecule has 2 atom stereocenters. The predicted octanol–water partition coefficient (Wildman–Crippen LogP) is 3.88. The van der Waals surface area contributed by atoms with Gasteiger partial charge in [-0.2, -0.15) is 0 Å². The molecule has 2 bridgehead atoms. The lowest BCUT2D eigenvalue weighted by Gasteiger charge is -2.36. The van der Waals surface area contributed by atoms with E-state index in [1.165, 1.54) is 36.1 Å². The number of carbonyl (C=O) groups is 1. The largest absolute Gasteiger partial charge is 0.480 e. The number of nitrogens with zero attached hydrogens (tertiary/aromatic N) is 1. The van der Waals surface area contributed by atoms with Crippen LogP contribution in [0.3, 0.4) is 0 Å². The Labute approximate surface area is 154 Å². The monoisotopic (exact) mass is 351 g/mol. The van der Waals surface area contributed by atoms with Crippen LogP contribution in [-0.4, -0.2) is 41.7 Å². The molecule has 4 rings (SSSR count). The second kappa shape index (κ2) is 7.22. The lowest BCUT2D eigenvalue weighted by molar-refractivity contribution is -0.143. The molecule has 136 valence electrons. The zero-order valence-corrected chi connectivity index (χ0v) is 15.1. The van der Waals surface area contributed by atoms with Crippen molar-refractivity contribution in [2.45, 2.75) is 38.3 Å². The van der Waals surface area contributed by atoms with Crippen molar-refractivity contribution in [2.75, 3.05) is 19.7 Å². The van der Waals surface area contributed by atoms with Crippen molar-refractivity contribution >= 4 is 5.97 Å². The van der Waals surface area contributed by atoms with Crippen molar-refractivity contribution in [3.8, 4) is 11.1 Å². The summed E-state index contributed by atoms with van der Waals surface area (Å²) in [5.41, 5.74) is 6.02. The SMILES string of the molecule is C[C@@H]1CCCN1CCc1c2ccc(-c3ccccc3)c1[C@@H]2OCC(=O)O. The molecule has 2 aliphatic rings. The van der Waals surface area contributed by atoms with Crippen LogP contribution in [0.15, 0.2) is 42.5 Å². The number of rotatable bonds is 7. The number of benzene rings is 2. The van der Waals surface area contributed by atoms with Gasteiger partial charge in [0, 0.05) is 12.6 Å². The normalized spacial score (nSPS) is 21.6. The smallest absolute Gasteiger partial charge is 0.329 e. The molecule has 2 aromatic carbocycles. The zero-order valence-electron chi connectivity index (χ0n) is 15.1. The molecule has 1 aliphatic carbocycles. The summed E-state index contributed by atoms with van der Waals surface area (Å²) >= 11 is 0. The van der Waals surface area contributed by atoms with E-state index in [4.69, 9.17) is 9.84 Å². The third-order valence-electron chi connectivity index (χ3n) is 5.74. The molecule has 26 heavy (non-hydrogen) atoms. The minimum Gasteiger partial charge on any atom is -0.480 e. The zero-order chi connectivity index (χ0) is 18.1. The summed E-state index contributed by atoms with van der Waals surface area (Å²) in [6, 6.07) is 15.2. The number of hydrogen-bond donors (Lipinski definition) is 1. The van der Waals surface area contributed by atoms with Crippen LogP contribution < -0.4 is 0 Å². The Hall–Kier alpha value is -2.17. The molecule has 0 spiro atoms. The number of fused-ring (bicyclic) bond motifs is 2. The molecule has 0 radical (unpaired) electrons. The summed E-state index contributed by atoms with van der Waals surface area (Å²) in [6.07, 6.45) is 3.38. The minimum atomic E-state index is -0.922. The molecule has 1 heterocycles. The van der Waals surface area contributed by atoms with Crippen molar-refractivity contribution in [1.82, 2.24) is 4.90 Å². The van der Waals surface area contributed by atoms with E-state index in [0.717, 1.165) is 24.1 Å². The number of ether oxygens (including phenoxy) is 1. The van der Waals surface area contributed by atoms with Crippen LogP contribution in [0.5, 0.6) is 0 Å². The molecule has 0 unspecified atom stereocenters. The molecular formula is C22H25NO3. The van der Waals surface area contributed by atoms with Crippen LogP contribution in [-0.2, 0) is 16.0 Å². The lowest BCUT2D eigenvalue weighted by atomic mass is 9.75. The molecule has 4 heteroatoms. The van der Waals surface area contributed by atoms with Crippen LogP contribution in [0.1, 0.15) is 42.6 Å². The first kappa shape index (κ1) is 17.3. The Morgan fingerprint density at radius 2 is 2.04 bits per heavy atom. The van der Waals surface area contributed by atoms with E-state index in [0.29, 0.717) is 6.04 Å². The molecule has 0 amide bonds. The van der Waals surface area contributed by atoms with E-state index in [1.807, 2.05) is 18.2 Å². The van der Waals surface area contributed by atoms with Gasteiger partial charge in [-0.3, -0.25) is 0 Å². The maximum Gasteiger partial charge on any atom is 0.329 e. The van der Waals surface area contributed by atoms with E-state index in [9.17, 15) is 4.79 Å². The minimum absolute atomic E-state index is 0.197. The van der Waals surface area contributed by atoms with Crippen LogP contribution in [0.2, 0.25) is 0 Å². The Kier molecular flexibility index (Phi) is 4.79. The highest BCUT2D eigenvalue weighted by Gasteiger charge is 2.35. The highest BCUT2D eigenvalue weighted by Crippen LogP contribution is 2.48. The molecular weight excluding hydrogens is 326 g/mol. The van der Waals surface area contributed by atoms with Gasteiger partial charge in [-0.05, 0) is 60.5 Å². The third-order valence-corrected chi connectivity index (χ3v) is 5.74. The molecule has 0 aromatic heterocycles. The van der Waals surface area contributed by atoms with Crippen molar-refractivity contribution in [3.63, 3.8) is 0 Å². The van der Waals surface area contributed by atoms with Crippen molar-refractivity contribution in [3.05, 3.63) is 59.2 Å². The lowest BCUT2D eigenvalue weighted by Crippen LogP contribution is -2.32. The summed E-state index contributed by atoms with van der Waals surface area (Å²) in [6.45, 7) is 4.29. The number of aliphatic carboxylic acids is 1. The maximum atomic E-state index is 11.0. The van der Waals surface area contributed by atoms with Crippen LogP contribution in [0, 0.1) is 0 Å². The first-order valence-electron chi connectivity index (χ1n) is 9.43. The average Bonchev–Trinajstić information content (AvgIpc) is 3.06. The number of carboxylic acids is 1. The Bertz CT molecular complexity index is 803. The summed E-state index contributed by atoms with van der Waals surface area (Å²) in [7, 11) is 0. The first-order valence-corrected chi connectivity index (χ1v) is 9.43. The van der Waals surface area contributed by atoms with E-state index < -0.39 is 5.97 Å². The van der Waals surface area contributed by atoms with Gasteiger partial charge in [-0.25, -0.2) is 4.79 Å². The maximum absolute atomic E-state index is 11.0. The highest BCUT2D eigenvalue weighted by atomic mass is 16.5. The van der Waals surface area contributed by atoms with Gasteiger partial charge < -0.3 is 14.7 Å². The van der Waals surface area contributed by atoms with Gasteiger partial charge in [0.25, 0.3) is 0 Å². The fraction of sp³-hybridized carbons (Fsp3) is 0.409. The van der Waals surface area contributed by atoms with Gasteiger partial charge >= 0.3 is 5.97 Å². The second-order valence-corrected chi connectivity index (χ2v) is 7.32. The van der Waals surface area contributed by atoms with E-state index in [1.54, 1.807) is 0 Å². The predicted molar refractivity (Wildman–Crippen MR) is 101 cm³/mol. The van der Waals surface area contributed by atoms with Gasteiger partial charge in [0.1, 0.15) is 12.7 Å². The number of likely N-dealkylation sites (tertiary alicyclic amines) is 1. The highest BCUT2D eigenvalue weighted by molar-refractivity contribution is 5.76. The standard InChI is InChI=1S/C22H25NO3/c1-15-6-5-12-23(15)13-11-18-19-10-9-17(16-7-3-2-4-8-16)21(18)22(19)26-14-20(24)25/h2-4,7-10,15,22H,5-6,11-14H2,1H3,(H,24,25)/t15-,22-/m1/s1. The van der Waals surface area contributed by atoms with E-state index in [-0.39, 0.29) is 12.7 Å². The Morgan fingerprint density at radius 1 is 1.23 bits per heavy atom. The molecule has 2 aromatic rings. The molecule has 1 aliphatic heterocycles. The van der Waals surface area contributed by atoms with Gasteiger partial charge in [0.2, 0.25) is 0 Å². The molecule has 1 fully saturated rings. The second-order valence-electron chi connectivity index (χ2n) is 7.32. The summed E-state index contributed by atoms with van der Waals surface area (Å²) < 4.78 is 5.70. The van der Waals surface area contributed by atoms with Crippen molar-refractivity contribution in [2.24, 2.45) is 0 Å². The molecule has 1 saturated heterocycles. The molecule has 0 saturated carbocycles. The van der Waals surface area contributed by atoms with Crippen LogP contribution >= 0.6 is 0 Å². The average molecular weight is 351 g/mol. The van der Waals surface area contributed by atoms with Crippen molar-refractivity contribution < 1.29 is 14.6 Å². The van der Waals surface area contributed by atoms with Gasteiger partial charge in [0.15, 0.2) is 0 Å². The van der Waals surface area contributed by atoms with E-state index in [2.05, 4.69) is 36.1 Å². The number of carboxylic acid groups (broad SMARTS) is 1. The van der Waals surface area contributed by atoms with Gasteiger partial charge in [-0.1, -0.05) is 42.5 Å². The van der Waals surface area contributed by atoms with Crippen molar-refractivity contribution in [1.29, 1.82) is 0 Å². The fourth-order valence-electron chi connectivity index (χ4n) is 4.36. The topological polar surface area (TPSA) is 49.8 Å². The van der Waals surface area contributed by atoms with Crippen LogP contribution in [0.25, 0.3) is 11.1 Å². The fourth-order valence-corrected chi connectivity index (χ4v) is 4.36. The van der Waals surface area contributed by atoms with Gasteiger partial charge in [-0.15, -0.1) is 0 Å². The third kappa shape index (κ3) is 3.15. The number of hydrogen-bond acceptors (Lipinski definition) is 3.